The highest BCUT2D eigenvalue weighted by Gasteiger charge is 2.14. The van der Waals surface area contributed by atoms with Crippen molar-refractivity contribution in [1.82, 2.24) is 0 Å². The van der Waals surface area contributed by atoms with Crippen LogP contribution in [0, 0.1) is 0 Å². The number of hydrogen-bond donors (Lipinski definition) is 0. The van der Waals surface area contributed by atoms with Crippen LogP contribution >= 0.6 is 0 Å². The summed E-state index contributed by atoms with van der Waals surface area (Å²) in [4.78, 5) is 22.1. The average Bonchev–Trinajstić information content (AvgIpc) is 2.60. The van der Waals surface area contributed by atoms with E-state index in [1.54, 1.807) is 0 Å². The van der Waals surface area contributed by atoms with Crippen molar-refractivity contribution in [2.45, 2.75) is 6.10 Å². The Balaban J connectivity index is 2.35. The third kappa shape index (κ3) is 8.29. The Labute approximate surface area is 135 Å². The zero-order chi connectivity index (χ0) is 16.9. The molecule has 0 heterocycles. The molecule has 1 aromatic carbocycles. The molecule has 7 heteroatoms. The number of methoxy groups -OCH3 is 2. The smallest absolute Gasteiger partial charge is 0.331 e. The molecule has 0 fully saturated rings. The highest BCUT2D eigenvalue weighted by molar-refractivity contribution is 5.70. The molecule has 0 saturated carbocycles. The fourth-order valence-electron chi connectivity index (χ4n) is 1.66. The van der Waals surface area contributed by atoms with Crippen LogP contribution in [-0.4, -0.2) is 59.2 Å². The summed E-state index contributed by atoms with van der Waals surface area (Å²) in [5, 5.41) is 0. The summed E-state index contributed by atoms with van der Waals surface area (Å²) in [6, 6.07) is 9.42. The molecule has 0 amide bonds. The van der Waals surface area contributed by atoms with Gasteiger partial charge in [0.25, 0.3) is 0 Å². The van der Waals surface area contributed by atoms with E-state index in [2.05, 4.69) is 9.47 Å². The first-order valence-electron chi connectivity index (χ1n) is 7.13. The first-order chi connectivity index (χ1) is 11.2. The van der Waals surface area contributed by atoms with Crippen molar-refractivity contribution in [2.24, 2.45) is 0 Å². The molecule has 128 valence electrons. The zero-order valence-corrected chi connectivity index (χ0v) is 13.4. The van der Waals surface area contributed by atoms with Gasteiger partial charge < -0.3 is 23.7 Å². The summed E-state index contributed by atoms with van der Waals surface area (Å²) < 4.78 is 25.1. The van der Waals surface area contributed by atoms with Crippen LogP contribution in [0.15, 0.2) is 30.3 Å². The summed E-state index contributed by atoms with van der Waals surface area (Å²) in [6.45, 7) is 0.539. The molecule has 1 atom stereocenters. The minimum Gasteiger partial charge on any atom is -0.467 e. The molecule has 0 spiro atoms. The Bertz CT molecular complexity index is 461. The standard InChI is InChI=1S/C16H22O7/c1-19-15(17)11-22-9-8-21-10-14(23-12-16(18)20-2)13-6-4-3-5-7-13/h3-7,14H,8-12H2,1-2H3. The minimum absolute atomic E-state index is 0.110. The molecule has 0 saturated heterocycles. The largest absolute Gasteiger partial charge is 0.467 e. The number of hydrogen-bond acceptors (Lipinski definition) is 7. The Hall–Kier alpha value is -1.96. The van der Waals surface area contributed by atoms with E-state index in [1.165, 1.54) is 14.2 Å². The van der Waals surface area contributed by atoms with E-state index < -0.39 is 18.0 Å². The second-order valence-electron chi connectivity index (χ2n) is 4.49. The van der Waals surface area contributed by atoms with Gasteiger partial charge in [0.15, 0.2) is 0 Å². The first-order valence-corrected chi connectivity index (χ1v) is 7.13. The molecule has 0 N–H and O–H groups in total. The quantitative estimate of drug-likeness (QED) is 0.445. The predicted molar refractivity (Wildman–Crippen MR) is 80.8 cm³/mol. The fourth-order valence-corrected chi connectivity index (χ4v) is 1.66. The summed E-state index contributed by atoms with van der Waals surface area (Å²) >= 11 is 0. The highest BCUT2D eigenvalue weighted by atomic mass is 16.6. The lowest BCUT2D eigenvalue weighted by atomic mass is 10.1. The van der Waals surface area contributed by atoms with Crippen LogP contribution < -0.4 is 0 Å². The molecule has 0 aromatic heterocycles. The summed E-state index contributed by atoms with van der Waals surface area (Å²) in [5.41, 5.74) is 0.895. The lowest BCUT2D eigenvalue weighted by molar-refractivity contribution is -0.149. The molecule has 1 aromatic rings. The van der Waals surface area contributed by atoms with E-state index in [0.717, 1.165) is 5.56 Å². The Morgan fingerprint density at radius 3 is 2.17 bits per heavy atom. The normalized spacial score (nSPS) is 11.7. The third-order valence-electron chi connectivity index (χ3n) is 2.89. The van der Waals surface area contributed by atoms with Gasteiger partial charge in [0.1, 0.15) is 19.3 Å². The molecule has 0 aliphatic heterocycles. The van der Waals surface area contributed by atoms with Gasteiger partial charge in [0, 0.05) is 0 Å². The van der Waals surface area contributed by atoms with Crippen molar-refractivity contribution in [3.8, 4) is 0 Å². The van der Waals surface area contributed by atoms with Crippen LogP contribution in [0.2, 0.25) is 0 Å². The number of esters is 2. The maximum Gasteiger partial charge on any atom is 0.331 e. The number of rotatable bonds is 11. The lowest BCUT2D eigenvalue weighted by Gasteiger charge is -2.18. The maximum absolute atomic E-state index is 11.2. The van der Waals surface area contributed by atoms with Gasteiger partial charge in [-0.1, -0.05) is 30.3 Å². The van der Waals surface area contributed by atoms with Crippen LogP contribution in [0.1, 0.15) is 11.7 Å². The van der Waals surface area contributed by atoms with Crippen LogP contribution in [0.4, 0.5) is 0 Å². The molecular weight excluding hydrogens is 304 g/mol. The predicted octanol–water partition coefficient (Wildman–Crippen LogP) is 1.12. The van der Waals surface area contributed by atoms with Crippen molar-refractivity contribution in [2.75, 3.05) is 47.3 Å². The lowest BCUT2D eigenvalue weighted by Crippen LogP contribution is -2.19. The third-order valence-corrected chi connectivity index (χ3v) is 2.89. The summed E-state index contributed by atoms with van der Waals surface area (Å²) in [7, 11) is 2.60. The summed E-state index contributed by atoms with van der Waals surface area (Å²) in [5.74, 6) is -0.888. The van der Waals surface area contributed by atoms with Crippen LogP contribution in [-0.2, 0) is 33.3 Å². The van der Waals surface area contributed by atoms with Crippen LogP contribution in [0.25, 0.3) is 0 Å². The Kier molecular flexibility index (Phi) is 9.62. The minimum atomic E-state index is -0.452. The van der Waals surface area contributed by atoms with Crippen LogP contribution in [0.5, 0.6) is 0 Å². The fraction of sp³-hybridized carbons (Fsp3) is 0.500. The monoisotopic (exact) mass is 326 g/mol. The maximum atomic E-state index is 11.2. The van der Waals surface area contributed by atoms with Crippen molar-refractivity contribution < 1.29 is 33.3 Å². The van der Waals surface area contributed by atoms with E-state index in [0.29, 0.717) is 6.61 Å². The Morgan fingerprint density at radius 2 is 1.52 bits per heavy atom. The second kappa shape index (κ2) is 11.6. The van der Waals surface area contributed by atoms with Gasteiger partial charge in [-0.15, -0.1) is 0 Å². The van der Waals surface area contributed by atoms with Crippen molar-refractivity contribution >= 4 is 11.9 Å². The zero-order valence-electron chi connectivity index (χ0n) is 13.4. The molecule has 23 heavy (non-hydrogen) atoms. The van der Waals surface area contributed by atoms with E-state index in [1.807, 2.05) is 30.3 Å². The average molecular weight is 326 g/mol. The number of ether oxygens (including phenoxy) is 5. The van der Waals surface area contributed by atoms with Crippen molar-refractivity contribution in [3.05, 3.63) is 35.9 Å². The van der Waals surface area contributed by atoms with Gasteiger partial charge >= 0.3 is 11.9 Å². The van der Waals surface area contributed by atoms with Crippen LogP contribution in [0.3, 0.4) is 0 Å². The Morgan fingerprint density at radius 1 is 0.913 bits per heavy atom. The second-order valence-corrected chi connectivity index (χ2v) is 4.49. The van der Waals surface area contributed by atoms with E-state index in [9.17, 15) is 9.59 Å². The molecule has 1 unspecified atom stereocenters. The number of carbonyl (C=O) groups excluding carboxylic acids is 2. The molecule has 0 radical (unpaired) electrons. The molecular formula is C16H22O7. The van der Waals surface area contributed by atoms with E-state index >= 15 is 0 Å². The molecule has 7 nitrogen and oxygen atoms in total. The number of benzene rings is 1. The molecule has 0 aliphatic carbocycles. The van der Waals surface area contributed by atoms with Crippen molar-refractivity contribution in [1.29, 1.82) is 0 Å². The SMILES string of the molecule is COC(=O)COCCOCC(OCC(=O)OC)c1ccccc1. The van der Waals surface area contributed by atoms with Gasteiger partial charge in [0.2, 0.25) is 0 Å². The molecule has 0 aliphatic rings. The number of carbonyl (C=O) groups is 2. The van der Waals surface area contributed by atoms with Gasteiger partial charge in [-0.25, -0.2) is 9.59 Å². The summed E-state index contributed by atoms with van der Waals surface area (Å²) in [6.07, 6.45) is -0.393. The van der Waals surface area contributed by atoms with Crippen molar-refractivity contribution in [3.63, 3.8) is 0 Å². The van der Waals surface area contributed by atoms with Gasteiger partial charge in [-0.3, -0.25) is 0 Å². The van der Waals surface area contributed by atoms with E-state index in [-0.39, 0.29) is 26.4 Å². The van der Waals surface area contributed by atoms with Gasteiger partial charge in [-0.2, -0.15) is 0 Å². The first kappa shape index (κ1) is 19.1. The highest BCUT2D eigenvalue weighted by Crippen LogP contribution is 2.17. The van der Waals surface area contributed by atoms with Gasteiger partial charge in [-0.05, 0) is 5.56 Å². The molecule has 1 rings (SSSR count). The topological polar surface area (TPSA) is 80.3 Å². The van der Waals surface area contributed by atoms with Gasteiger partial charge in [0.05, 0.1) is 34.0 Å². The van der Waals surface area contributed by atoms with E-state index in [4.69, 9.17) is 14.2 Å². The molecule has 0 bridgehead atoms.